The molecule has 0 aliphatic rings. The third kappa shape index (κ3) is 8.95. The van der Waals surface area contributed by atoms with Gasteiger partial charge in [0.15, 0.2) is 0 Å². The molecule has 0 bridgehead atoms. The topological polar surface area (TPSA) is 24.1 Å². The Bertz CT molecular complexity index is 846. The fourth-order valence-corrected chi connectivity index (χ4v) is 3.76. The second-order valence-corrected chi connectivity index (χ2v) is 8.72. The van der Waals surface area contributed by atoms with E-state index in [-0.39, 0.29) is 12.1 Å². The van der Waals surface area contributed by atoms with Gasteiger partial charge in [0.2, 0.25) is 0 Å². The van der Waals surface area contributed by atoms with E-state index in [1.54, 1.807) is 0 Å². The molecule has 168 valence electrons. The highest BCUT2D eigenvalue weighted by molar-refractivity contribution is 5.19. The van der Waals surface area contributed by atoms with Crippen molar-refractivity contribution in [3.63, 3.8) is 0 Å². The van der Waals surface area contributed by atoms with Crippen LogP contribution in [0.25, 0.3) is 0 Å². The van der Waals surface area contributed by atoms with Crippen molar-refractivity contribution in [2.45, 2.75) is 65.0 Å². The lowest BCUT2D eigenvalue weighted by atomic mass is 9.95. The van der Waals surface area contributed by atoms with E-state index in [2.05, 4.69) is 61.9 Å². The van der Waals surface area contributed by atoms with Crippen molar-refractivity contribution in [3.8, 4) is 0 Å². The van der Waals surface area contributed by atoms with Crippen LogP contribution in [0.4, 0.5) is 8.78 Å². The fraction of sp³-hybridized carbons (Fsp3) is 0.407. The lowest BCUT2D eigenvalue weighted by Gasteiger charge is -2.26. The Hall–Kier alpha value is -2.62. The summed E-state index contributed by atoms with van der Waals surface area (Å²) in [5, 5.41) is 7.03. The zero-order valence-corrected chi connectivity index (χ0v) is 19.1. The average molecular weight is 427 g/mol. The number of rotatable bonds is 13. The first kappa shape index (κ1) is 24.6. The molecule has 0 spiro atoms. The molecule has 2 rings (SSSR count). The molecule has 0 aromatic heterocycles. The molecule has 2 N–H and O–H groups in total. The molecule has 0 saturated carbocycles. The van der Waals surface area contributed by atoms with E-state index in [4.69, 9.17) is 0 Å². The Morgan fingerprint density at radius 2 is 1.68 bits per heavy atom. The zero-order valence-electron chi connectivity index (χ0n) is 19.1. The van der Waals surface area contributed by atoms with Gasteiger partial charge in [-0.1, -0.05) is 63.4 Å². The molecule has 2 aromatic carbocycles. The van der Waals surface area contributed by atoms with Crippen LogP contribution in [0.3, 0.4) is 0 Å². The predicted molar refractivity (Wildman–Crippen MR) is 127 cm³/mol. The van der Waals surface area contributed by atoms with Crippen molar-refractivity contribution in [1.29, 1.82) is 0 Å². The molecule has 0 saturated heterocycles. The van der Waals surface area contributed by atoms with Gasteiger partial charge in [-0.2, -0.15) is 0 Å². The predicted octanol–water partition coefficient (Wildman–Crippen LogP) is 6.54. The van der Waals surface area contributed by atoms with E-state index in [0.29, 0.717) is 17.9 Å². The molecule has 0 aliphatic heterocycles. The maximum absolute atomic E-state index is 14.0. The molecule has 31 heavy (non-hydrogen) atoms. The molecule has 0 heterocycles. The van der Waals surface area contributed by atoms with Gasteiger partial charge in [-0.05, 0) is 62.1 Å². The quantitative estimate of drug-likeness (QED) is 0.380. The summed E-state index contributed by atoms with van der Waals surface area (Å²) in [5.41, 5.74) is 3.79. The van der Waals surface area contributed by atoms with Gasteiger partial charge in [0.1, 0.15) is 11.6 Å². The molecule has 0 radical (unpaired) electrons. The first-order valence-corrected chi connectivity index (χ1v) is 11.1. The van der Waals surface area contributed by atoms with E-state index in [0.717, 1.165) is 43.1 Å². The van der Waals surface area contributed by atoms with E-state index >= 15 is 0 Å². The number of nitrogens with one attached hydrogen (secondary N) is 2. The number of hydrogen-bond donors (Lipinski definition) is 2. The lowest BCUT2D eigenvalue weighted by molar-refractivity contribution is 0.394. The minimum atomic E-state index is -0.540. The standard InChI is InChI=1S/C27H36F2N2/c1-19(2)27(16-13-23-12-14-24(28)18-26(23)29)31-21(5)11-15-25(30-20(3)4)17-22-9-7-6-8-10-22/h6-10,12,14,18-19,25,27,30-31H,3,5,11,13,15-17H2,1-2,4H3. The summed E-state index contributed by atoms with van der Waals surface area (Å²) in [4.78, 5) is 0. The summed E-state index contributed by atoms with van der Waals surface area (Å²) in [5.74, 6) is -0.647. The molecule has 0 fully saturated rings. The van der Waals surface area contributed by atoms with Gasteiger partial charge in [-0.3, -0.25) is 0 Å². The van der Waals surface area contributed by atoms with Crippen molar-refractivity contribution < 1.29 is 8.78 Å². The van der Waals surface area contributed by atoms with Crippen LogP contribution in [-0.4, -0.2) is 12.1 Å². The largest absolute Gasteiger partial charge is 0.386 e. The molecule has 2 atom stereocenters. The SMILES string of the molecule is C=C(C)NC(CCC(=C)NC(CCc1ccc(F)cc1F)C(C)C)Cc1ccccc1. The molecular weight excluding hydrogens is 390 g/mol. The van der Waals surface area contributed by atoms with Gasteiger partial charge in [-0.25, -0.2) is 8.78 Å². The van der Waals surface area contributed by atoms with Gasteiger partial charge in [0.05, 0.1) is 0 Å². The highest BCUT2D eigenvalue weighted by Crippen LogP contribution is 2.18. The van der Waals surface area contributed by atoms with Gasteiger partial charge >= 0.3 is 0 Å². The monoisotopic (exact) mass is 426 g/mol. The highest BCUT2D eigenvalue weighted by atomic mass is 19.1. The third-order valence-electron chi connectivity index (χ3n) is 5.50. The second kappa shape index (κ2) is 12.3. The Balaban J connectivity index is 1.89. The molecule has 2 nitrogen and oxygen atoms in total. The summed E-state index contributed by atoms with van der Waals surface area (Å²) < 4.78 is 27.1. The van der Waals surface area contributed by atoms with E-state index in [1.165, 1.54) is 17.7 Å². The van der Waals surface area contributed by atoms with Gasteiger partial charge < -0.3 is 10.6 Å². The van der Waals surface area contributed by atoms with Crippen molar-refractivity contribution in [2.75, 3.05) is 0 Å². The Kier molecular flexibility index (Phi) is 9.77. The molecule has 2 unspecified atom stereocenters. The second-order valence-electron chi connectivity index (χ2n) is 8.72. The van der Waals surface area contributed by atoms with E-state index < -0.39 is 11.6 Å². The van der Waals surface area contributed by atoms with Crippen LogP contribution in [0.1, 0.15) is 51.2 Å². The van der Waals surface area contributed by atoms with Crippen LogP contribution in [0.2, 0.25) is 0 Å². The van der Waals surface area contributed by atoms with Crippen LogP contribution in [0, 0.1) is 17.6 Å². The summed E-state index contributed by atoms with van der Waals surface area (Å²) >= 11 is 0. The Labute approximate surface area is 186 Å². The maximum Gasteiger partial charge on any atom is 0.129 e. The van der Waals surface area contributed by atoms with Crippen molar-refractivity contribution in [3.05, 3.63) is 95.8 Å². The van der Waals surface area contributed by atoms with E-state index in [1.807, 2.05) is 13.0 Å². The number of hydrogen-bond acceptors (Lipinski definition) is 2. The summed E-state index contributed by atoms with van der Waals surface area (Å²) in [6.45, 7) is 14.5. The number of aryl methyl sites for hydroxylation is 1. The van der Waals surface area contributed by atoms with Crippen molar-refractivity contribution in [2.24, 2.45) is 5.92 Å². The first-order valence-electron chi connectivity index (χ1n) is 11.1. The molecule has 4 heteroatoms. The normalized spacial score (nSPS) is 13.0. The summed E-state index contributed by atoms with van der Waals surface area (Å²) in [6.07, 6.45) is 4.02. The number of halogens is 2. The molecule has 0 aliphatic carbocycles. The number of allylic oxidation sites excluding steroid dienone is 2. The van der Waals surface area contributed by atoms with Crippen LogP contribution < -0.4 is 10.6 Å². The molecule has 0 amide bonds. The summed E-state index contributed by atoms with van der Waals surface area (Å²) in [7, 11) is 0. The highest BCUT2D eigenvalue weighted by Gasteiger charge is 2.16. The fourth-order valence-electron chi connectivity index (χ4n) is 3.76. The van der Waals surface area contributed by atoms with Crippen molar-refractivity contribution >= 4 is 0 Å². The van der Waals surface area contributed by atoms with Crippen LogP contribution in [0.15, 0.2) is 73.1 Å². The molecular formula is C27H36F2N2. The van der Waals surface area contributed by atoms with Crippen LogP contribution in [-0.2, 0) is 12.8 Å². The first-order chi connectivity index (χ1) is 14.7. The minimum Gasteiger partial charge on any atom is -0.386 e. The Morgan fingerprint density at radius 3 is 2.29 bits per heavy atom. The van der Waals surface area contributed by atoms with Gasteiger partial charge in [0, 0.05) is 29.5 Å². The van der Waals surface area contributed by atoms with Crippen LogP contribution >= 0.6 is 0 Å². The lowest BCUT2D eigenvalue weighted by Crippen LogP contribution is -2.35. The maximum atomic E-state index is 14.0. The van der Waals surface area contributed by atoms with Crippen LogP contribution in [0.5, 0.6) is 0 Å². The smallest absolute Gasteiger partial charge is 0.129 e. The summed E-state index contributed by atoms with van der Waals surface area (Å²) in [6, 6.07) is 14.7. The van der Waals surface area contributed by atoms with Gasteiger partial charge in [0.25, 0.3) is 0 Å². The molecule has 2 aromatic rings. The Morgan fingerprint density at radius 1 is 0.968 bits per heavy atom. The number of benzene rings is 2. The average Bonchev–Trinajstić information content (AvgIpc) is 2.70. The van der Waals surface area contributed by atoms with E-state index in [9.17, 15) is 8.78 Å². The minimum absolute atomic E-state index is 0.179. The zero-order chi connectivity index (χ0) is 22.8. The van der Waals surface area contributed by atoms with Crippen molar-refractivity contribution in [1.82, 2.24) is 10.6 Å². The van der Waals surface area contributed by atoms with Gasteiger partial charge in [-0.15, -0.1) is 0 Å². The third-order valence-corrected chi connectivity index (χ3v) is 5.50.